The molecule has 1 heterocycles. The van der Waals surface area contributed by atoms with Gasteiger partial charge >= 0.3 is 12.1 Å². The number of anilines is 1. The van der Waals surface area contributed by atoms with Crippen LogP contribution in [0.5, 0.6) is 0 Å². The molecule has 0 saturated carbocycles. The molecule has 2 rings (SSSR count). The summed E-state index contributed by atoms with van der Waals surface area (Å²) in [6, 6.07) is 9.24. The number of carbonyl (C=O) groups is 2. The van der Waals surface area contributed by atoms with Crippen LogP contribution in [0.15, 0.2) is 40.8 Å². The molecular formula is C21H24F3NO5. The number of furan rings is 1. The van der Waals surface area contributed by atoms with Gasteiger partial charge in [-0.05, 0) is 49.1 Å². The van der Waals surface area contributed by atoms with Crippen LogP contribution < -0.4 is 5.32 Å². The molecule has 164 valence electrons. The first-order chi connectivity index (χ1) is 14.0. The first-order valence-corrected chi connectivity index (χ1v) is 9.37. The molecular weight excluding hydrogens is 403 g/mol. The number of aliphatic hydroxyl groups is 1. The molecule has 0 radical (unpaired) electrons. The molecule has 0 aliphatic heterocycles. The number of rotatable bonds is 8. The van der Waals surface area contributed by atoms with Crippen LogP contribution in [0.25, 0.3) is 0 Å². The van der Waals surface area contributed by atoms with Gasteiger partial charge in [0, 0.05) is 5.69 Å². The molecule has 0 spiro atoms. The Morgan fingerprint density at radius 1 is 1.17 bits per heavy atom. The van der Waals surface area contributed by atoms with Crippen molar-refractivity contribution in [1.82, 2.24) is 0 Å². The summed E-state index contributed by atoms with van der Waals surface area (Å²) >= 11 is 0. The second kappa shape index (κ2) is 9.34. The van der Waals surface area contributed by atoms with Gasteiger partial charge in [-0.2, -0.15) is 13.2 Å². The SMILES string of the molecule is CC[C@H](C)c1ccc(NC(=O)COC(=O)C[C@](O)(c2ccc(C)o2)C(F)(F)F)cc1. The molecule has 0 aliphatic rings. The zero-order valence-corrected chi connectivity index (χ0v) is 16.9. The van der Waals surface area contributed by atoms with Gasteiger partial charge < -0.3 is 19.6 Å². The third-order valence-corrected chi connectivity index (χ3v) is 4.76. The third-order valence-electron chi connectivity index (χ3n) is 4.76. The number of halogens is 3. The van der Waals surface area contributed by atoms with Crippen molar-refractivity contribution < 1.29 is 37.0 Å². The highest BCUT2D eigenvalue weighted by molar-refractivity contribution is 5.92. The second-order valence-corrected chi connectivity index (χ2v) is 7.09. The van der Waals surface area contributed by atoms with Gasteiger partial charge in [0.2, 0.25) is 5.60 Å². The molecule has 1 amide bonds. The van der Waals surface area contributed by atoms with Gasteiger partial charge in [0.25, 0.3) is 5.91 Å². The fourth-order valence-corrected chi connectivity index (χ4v) is 2.72. The van der Waals surface area contributed by atoms with E-state index in [9.17, 15) is 27.9 Å². The summed E-state index contributed by atoms with van der Waals surface area (Å²) in [5.41, 5.74) is -2.00. The Balaban J connectivity index is 1.94. The van der Waals surface area contributed by atoms with Crippen LogP contribution in [0, 0.1) is 6.92 Å². The van der Waals surface area contributed by atoms with E-state index in [1.807, 2.05) is 12.1 Å². The highest BCUT2D eigenvalue weighted by Crippen LogP contribution is 2.42. The molecule has 2 N–H and O–H groups in total. The zero-order chi connectivity index (χ0) is 22.5. The molecule has 2 atom stereocenters. The maximum atomic E-state index is 13.4. The van der Waals surface area contributed by atoms with Gasteiger partial charge in [-0.1, -0.05) is 26.0 Å². The van der Waals surface area contributed by atoms with E-state index in [2.05, 4.69) is 23.9 Å². The number of ether oxygens (including phenoxy) is 1. The van der Waals surface area contributed by atoms with E-state index in [1.54, 1.807) is 12.1 Å². The number of nitrogens with one attached hydrogen (secondary N) is 1. The molecule has 0 aliphatic carbocycles. The lowest BCUT2D eigenvalue weighted by atomic mass is 9.96. The Morgan fingerprint density at radius 3 is 2.30 bits per heavy atom. The monoisotopic (exact) mass is 427 g/mol. The summed E-state index contributed by atoms with van der Waals surface area (Å²) in [7, 11) is 0. The number of esters is 1. The molecule has 1 aromatic carbocycles. The first-order valence-electron chi connectivity index (χ1n) is 9.37. The van der Waals surface area contributed by atoms with Crippen molar-refractivity contribution >= 4 is 17.6 Å². The van der Waals surface area contributed by atoms with Crippen molar-refractivity contribution in [3.05, 3.63) is 53.5 Å². The zero-order valence-electron chi connectivity index (χ0n) is 16.9. The molecule has 0 bridgehead atoms. The van der Waals surface area contributed by atoms with E-state index >= 15 is 0 Å². The number of alkyl halides is 3. The summed E-state index contributed by atoms with van der Waals surface area (Å²) in [6.07, 6.45) is -5.67. The lowest BCUT2D eigenvalue weighted by Gasteiger charge is -2.27. The van der Waals surface area contributed by atoms with E-state index in [0.29, 0.717) is 11.6 Å². The maximum Gasteiger partial charge on any atom is 0.425 e. The normalized spacial score (nSPS) is 14.6. The molecule has 0 saturated heterocycles. The van der Waals surface area contributed by atoms with Crippen molar-refractivity contribution in [2.75, 3.05) is 11.9 Å². The number of carbonyl (C=O) groups excluding carboxylic acids is 2. The molecule has 9 heteroatoms. The lowest BCUT2D eigenvalue weighted by Crippen LogP contribution is -2.44. The minimum Gasteiger partial charge on any atom is -0.463 e. The largest absolute Gasteiger partial charge is 0.463 e. The average molecular weight is 427 g/mol. The van der Waals surface area contributed by atoms with Gasteiger partial charge in [-0.3, -0.25) is 9.59 Å². The van der Waals surface area contributed by atoms with Crippen molar-refractivity contribution in [3.63, 3.8) is 0 Å². The van der Waals surface area contributed by atoms with E-state index in [4.69, 9.17) is 4.42 Å². The fraction of sp³-hybridized carbons (Fsp3) is 0.429. The lowest BCUT2D eigenvalue weighted by molar-refractivity contribution is -0.275. The molecule has 0 unspecified atom stereocenters. The van der Waals surface area contributed by atoms with Crippen LogP contribution >= 0.6 is 0 Å². The molecule has 0 fully saturated rings. The molecule has 30 heavy (non-hydrogen) atoms. The Hall–Kier alpha value is -2.81. The molecule has 6 nitrogen and oxygen atoms in total. The van der Waals surface area contributed by atoms with Gasteiger partial charge in [0.15, 0.2) is 6.61 Å². The van der Waals surface area contributed by atoms with Crippen molar-refractivity contribution in [2.45, 2.75) is 51.3 Å². The van der Waals surface area contributed by atoms with E-state index in [0.717, 1.165) is 18.1 Å². The Labute approximate surface area is 172 Å². The van der Waals surface area contributed by atoms with E-state index in [-0.39, 0.29) is 5.76 Å². The van der Waals surface area contributed by atoms with Gasteiger partial charge in [0.05, 0.1) is 6.42 Å². The van der Waals surface area contributed by atoms with Crippen LogP contribution in [0.3, 0.4) is 0 Å². The number of benzene rings is 1. The first kappa shape index (κ1) is 23.5. The number of aryl methyl sites for hydroxylation is 1. The predicted octanol–water partition coefficient (Wildman–Crippen LogP) is 4.42. The number of amides is 1. The number of hydrogen-bond acceptors (Lipinski definition) is 5. The fourth-order valence-electron chi connectivity index (χ4n) is 2.72. The highest BCUT2D eigenvalue weighted by Gasteiger charge is 2.58. The van der Waals surface area contributed by atoms with Crippen LogP contribution in [0.1, 0.15) is 49.7 Å². The summed E-state index contributed by atoms with van der Waals surface area (Å²) in [5.74, 6) is -2.44. The standard InChI is InChI=1S/C21H24F3NO5/c1-4-13(2)15-6-8-16(9-7-15)25-18(26)12-29-19(27)11-20(28,21(22,23)24)17-10-5-14(3)30-17/h5-10,13,28H,4,11-12H2,1-3H3,(H,25,26)/t13-,20-/m0/s1. The Bertz CT molecular complexity index is 876. The minimum atomic E-state index is -5.18. The van der Waals surface area contributed by atoms with Crippen molar-refractivity contribution in [3.8, 4) is 0 Å². The summed E-state index contributed by atoms with van der Waals surface area (Å²) in [6.45, 7) is 4.73. The smallest absolute Gasteiger partial charge is 0.425 e. The topological polar surface area (TPSA) is 88.8 Å². The van der Waals surface area contributed by atoms with Crippen molar-refractivity contribution in [1.29, 1.82) is 0 Å². The van der Waals surface area contributed by atoms with Crippen LogP contribution in [-0.4, -0.2) is 29.8 Å². The van der Waals surface area contributed by atoms with Gasteiger partial charge in [0.1, 0.15) is 11.5 Å². The van der Waals surface area contributed by atoms with Gasteiger partial charge in [-0.15, -0.1) is 0 Å². The second-order valence-electron chi connectivity index (χ2n) is 7.09. The Kier molecular flexibility index (Phi) is 7.30. The average Bonchev–Trinajstić information content (AvgIpc) is 3.12. The summed E-state index contributed by atoms with van der Waals surface area (Å²) < 4.78 is 49.6. The van der Waals surface area contributed by atoms with Gasteiger partial charge in [-0.25, -0.2) is 0 Å². The van der Waals surface area contributed by atoms with Crippen LogP contribution in [-0.2, 0) is 19.9 Å². The highest BCUT2D eigenvalue weighted by atomic mass is 19.4. The van der Waals surface area contributed by atoms with Crippen LogP contribution in [0.4, 0.5) is 18.9 Å². The minimum absolute atomic E-state index is 0.139. The third kappa shape index (κ3) is 5.63. The van der Waals surface area contributed by atoms with E-state index < -0.39 is 42.4 Å². The summed E-state index contributed by atoms with van der Waals surface area (Å²) in [4.78, 5) is 23.8. The van der Waals surface area contributed by atoms with Crippen molar-refractivity contribution in [2.24, 2.45) is 0 Å². The maximum absolute atomic E-state index is 13.4. The quantitative estimate of drug-likeness (QED) is 0.609. The predicted molar refractivity (Wildman–Crippen MR) is 103 cm³/mol. The Morgan fingerprint density at radius 2 is 1.80 bits per heavy atom. The number of hydrogen-bond donors (Lipinski definition) is 2. The van der Waals surface area contributed by atoms with E-state index in [1.165, 1.54) is 13.0 Å². The van der Waals surface area contributed by atoms with Crippen LogP contribution in [0.2, 0.25) is 0 Å². The molecule has 2 aromatic rings. The molecule has 1 aromatic heterocycles. The summed E-state index contributed by atoms with van der Waals surface area (Å²) in [5, 5.41) is 12.6.